The molecule has 0 radical (unpaired) electrons. The molecular weight excluding hydrogens is 362 g/mol. The number of nitrogens with two attached hydrogens (primary N) is 1. The molecule has 0 heterocycles. The molecule has 0 fully saturated rings. The van der Waals surface area contributed by atoms with Crippen molar-refractivity contribution in [2.45, 2.75) is 30.5 Å². The first-order valence-corrected chi connectivity index (χ1v) is 9.32. The molecule has 2 aromatic carbocycles. The summed E-state index contributed by atoms with van der Waals surface area (Å²) in [4.78, 5) is 37.5. The van der Waals surface area contributed by atoms with Gasteiger partial charge in [-0.1, -0.05) is 12.1 Å². The van der Waals surface area contributed by atoms with E-state index in [4.69, 9.17) is 5.73 Å². The number of nitrogens with one attached hydrogen (secondary N) is 1. The van der Waals surface area contributed by atoms with Gasteiger partial charge in [0.25, 0.3) is 0 Å². The van der Waals surface area contributed by atoms with Crippen LogP contribution in [0.25, 0.3) is 0 Å². The lowest BCUT2D eigenvalue weighted by Crippen LogP contribution is -2.32. The molecule has 0 aliphatic rings. The number of primary amides is 1. The van der Waals surface area contributed by atoms with E-state index in [2.05, 4.69) is 5.32 Å². The number of hydrogen-bond donors (Lipinski definition) is 2. The second kappa shape index (κ2) is 9.23. The first-order valence-electron chi connectivity index (χ1n) is 8.44. The Kier molecular flexibility index (Phi) is 7.01. The molecule has 1 atom stereocenters. The number of carbonyl (C=O) groups excluding carboxylic acids is 3. The predicted molar refractivity (Wildman–Crippen MR) is 107 cm³/mol. The quantitative estimate of drug-likeness (QED) is 0.717. The van der Waals surface area contributed by atoms with Crippen molar-refractivity contribution in [1.29, 1.82) is 0 Å². The van der Waals surface area contributed by atoms with E-state index in [0.717, 1.165) is 16.1 Å². The Morgan fingerprint density at radius 1 is 1.15 bits per heavy atom. The maximum atomic E-state index is 12.6. The number of nitrogens with zero attached hydrogens (tertiary/aromatic N) is 1. The zero-order chi connectivity index (χ0) is 20.0. The normalized spacial score (nSPS) is 11.5. The van der Waals surface area contributed by atoms with Crippen LogP contribution >= 0.6 is 11.8 Å². The van der Waals surface area contributed by atoms with Crippen molar-refractivity contribution in [1.82, 2.24) is 4.90 Å². The van der Waals surface area contributed by atoms with Gasteiger partial charge >= 0.3 is 0 Å². The SMILES string of the molecule is CC(=O)Nc1ccc(SC(C)C(=O)N(C)Cc2cccc(C(N)=O)c2)cc1. The summed E-state index contributed by atoms with van der Waals surface area (Å²) in [6, 6.07) is 14.3. The van der Waals surface area contributed by atoms with Gasteiger partial charge in [-0.2, -0.15) is 0 Å². The monoisotopic (exact) mass is 385 g/mol. The first-order chi connectivity index (χ1) is 12.8. The van der Waals surface area contributed by atoms with Crippen molar-refractivity contribution in [3.63, 3.8) is 0 Å². The summed E-state index contributed by atoms with van der Waals surface area (Å²) >= 11 is 1.45. The number of amides is 3. The fraction of sp³-hybridized carbons (Fsp3) is 0.250. The Morgan fingerprint density at radius 3 is 2.41 bits per heavy atom. The Morgan fingerprint density at radius 2 is 1.81 bits per heavy atom. The van der Waals surface area contributed by atoms with E-state index in [-0.39, 0.29) is 17.1 Å². The minimum atomic E-state index is -0.488. The number of anilines is 1. The zero-order valence-electron chi connectivity index (χ0n) is 15.6. The predicted octanol–water partition coefficient (Wildman–Crippen LogP) is 2.88. The molecule has 27 heavy (non-hydrogen) atoms. The maximum Gasteiger partial charge on any atom is 0.248 e. The summed E-state index contributed by atoms with van der Waals surface area (Å²) < 4.78 is 0. The van der Waals surface area contributed by atoms with E-state index < -0.39 is 5.91 Å². The molecule has 0 aliphatic carbocycles. The van der Waals surface area contributed by atoms with Gasteiger partial charge in [-0.05, 0) is 48.9 Å². The standard InChI is InChI=1S/C20H23N3O3S/c1-13(27-18-9-7-17(8-10-18)22-14(2)24)20(26)23(3)12-15-5-4-6-16(11-15)19(21)25/h4-11,13H,12H2,1-3H3,(H2,21,25)(H,22,24). The van der Waals surface area contributed by atoms with Gasteiger partial charge in [0.05, 0.1) is 5.25 Å². The fourth-order valence-electron chi connectivity index (χ4n) is 2.56. The molecule has 1 unspecified atom stereocenters. The average molecular weight is 385 g/mol. The third kappa shape index (κ3) is 6.14. The molecule has 0 bridgehead atoms. The third-order valence-electron chi connectivity index (χ3n) is 3.84. The van der Waals surface area contributed by atoms with E-state index in [9.17, 15) is 14.4 Å². The van der Waals surface area contributed by atoms with Gasteiger partial charge in [-0.25, -0.2) is 0 Å². The molecule has 2 aromatic rings. The van der Waals surface area contributed by atoms with Crippen LogP contribution in [0.15, 0.2) is 53.4 Å². The Balaban J connectivity index is 1.96. The van der Waals surface area contributed by atoms with Crippen molar-refractivity contribution in [3.8, 4) is 0 Å². The molecule has 142 valence electrons. The summed E-state index contributed by atoms with van der Waals surface area (Å²) in [5, 5.41) is 2.43. The van der Waals surface area contributed by atoms with Crippen molar-refractivity contribution in [2.75, 3.05) is 12.4 Å². The van der Waals surface area contributed by atoms with E-state index in [1.165, 1.54) is 18.7 Å². The topological polar surface area (TPSA) is 92.5 Å². The molecule has 0 aliphatic heterocycles. The summed E-state index contributed by atoms with van der Waals surface area (Å²) in [6.45, 7) is 3.70. The number of rotatable bonds is 7. The van der Waals surface area contributed by atoms with Gasteiger partial charge in [0.2, 0.25) is 17.7 Å². The average Bonchev–Trinajstić information content (AvgIpc) is 2.62. The molecular formula is C20H23N3O3S. The van der Waals surface area contributed by atoms with E-state index >= 15 is 0 Å². The molecule has 3 N–H and O–H groups in total. The summed E-state index contributed by atoms with van der Waals surface area (Å²) in [5.74, 6) is -0.631. The zero-order valence-corrected chi connectivity index (χ0v) is 16.4. The van der Waals surface area contributed by atoms with Gasteiger partial charge in [-0.3, -0.25) is 14.4 Å². The largest absolute Gasteiger partial charge is 0.366 e. The van der Waals surface area contributed by atoms with Gasteiger partial charge in [0, 0.05) is 36.7 Å². The van der Waals surface area contributed by atoms with Crippen molar-refractivity contribution in [3.05, 3.63) is 59.7 Å². The lowest BCUT2D eigenvalue weighted by molar-refractivity contribution is -0.129. The van der Waals surface area contributed by atoms with Gasteiger partial charge in [-0.15, -0.1) is 11.8 Å². The van der Waals surface area contributed by atoms with Gasteiger partial charge in [0.1, 0.15) is 0 Å². The molecule has 0 saturated heterocycles. The highest BCUT2D eigenvalue weighted by atomic mass is 32.2. The van der Waals surface area contributed by atoms with Crippen molar-refractivity contribution in [2.24, 2.45) is 5.73 Å². The van der Waals surface area contributed by atoms with Crippen molar-refractivity contribution >= 4 is 35.2 Å². The first kappa shape index (κ1) is 20.5. The Labute approximate surface area is 163 Å². The number of carbonyl (C=O) groups is 3. The lowest BCUT2D eigenvalue weighted by atomic mass is 10.1. The van der Waals surface area contributed by atoms with Crippen molar-refractivity contribution < 1.29 is 14.4 Å². The van der Waals surface area contributed by atoms with Gasteiger partial charge in [0.15, 0.2) is 0 Å². The Hall–Kier alpha value is -2.80. The minimum absolute atomic E-state index is 0.0181. The van der Waals surface area contributed by atoms with E-state index in [1.807, 2.05) is 25.1 Å². The maximum absolute atomic E-state index is 12.6. The molecule has 0 aromatic heterocycles. The van der Waals surface area contributed by atoms with Crippen LogP contribution in [0.5, 0.6) is 0 Å². The van der Waals surface area contributed by atoms with Crippen LogP contribution in [-0.2, 0) is 16.1 Å². The Bertz CT molecular complexity index is 837. The van der Waals surface area contributed by atoms with Gasteiger partial charge < -0.3 is 16.0 Å². The van der Waals surface area contributed by atoms with E-state index in [0.29, 0.717) is 12.1 Å². The highest BCUT2D eigenvalue weighted by Crippen LogP contribution is 2.26. The highest BCUT2D eigenvalue weighted by Gasteiger charge is 2.19. The molecule has 3 amide bonds. The van der Waals surface area contributed by atoms with Crippen LogP contribution in [0.1, 0.15) is 29.8 Å². The van der Waals surface area contributed by atoms with Crippen LogP contribution in [0.2, 0.25) is 0 Å². The summed E-state index contributed by atoms with van der Waals surface area (Å²) in [7, 11) is 1.73. The molecule has 2 rings (SSSR count). The molecule has 7 heteroatoms. The van der Waals surface area contributed by atoms with Crippen LogP contribution < -0.4 is 11.1 Å². The number of benzene rings is 2. The lowest BCUT2D eigenvalue weighted by Gasteiger charge is -2.21. The number of thioether (sulfide) groups is 1. The molecule has 0 saturated carbocycles. The summed E-state index contributed by atoms with van der Waals surface area (Å²) in [5.41, 5.74) is 7.29. The highest BCUT2D eigenvalue weighted by molar-refractivity contribution is 8.00. The fourth-order valence-corrected chi connectivity index (χ4v) is 3.54. The molecule has 6 nitrogen and oxygen atoms in total. The summed E-state index contributed by atoms with van der Waals surface area (Å²) in [6.07, 6.45) is 0. The minimum Gasteiger partial charge on any atom is -0.366 e. The van der Waals surface area contributed by atoms with Crippen LogP contribution in [0, 0.1) is 0 Å². The second-order valence-electron chi connectivity index (χ2n) is 6.22. The smallest absolute Gasteiger partial charge is 0.248 e. The number of hydrogen-bond acceptors (Lipinski definition) is 4. The second-order valence-corrected chi connectivity index (χ2v) is 7.64. The van der Waals surface area contributed by atoms with Crippen LogP contribution in [0.3, 0.4) is 0 Å². The third-order valence-corrected chi connectivity index (χ3v) is 4.94. The van der Waals surface area contributed by atoms with Crippen LogP contribution in [-0.4, -0.2) is 34.9 Å². The van der Waals surface area contributed by atoms with E-state index in [1.54, 1.807) is 42.3 Å². The van der Waals surface area contributed by atoms with Crippen LogP contribution in [0.4, 0.5) is 5.69 Å². The molecule has 0 spiro atoms.